The zero-order chi connectivity index (χ0) is 15.2. The lowest BCUT2D eigenvalue weighted by atomic mass is 10.2. The number of rotatable bonds is 6. The Balaban J connectivity index is 2.27. The van der Waals surface area contributed by atoms with Crippen molar-refractivity contribution in [2.45, 2.75) is 13.0 Å². The van der Waals surface area contributed by atoms with Gasteiger partial charge in [0.2, 0.25) is 5.88 Å². The van der Waals surface area contributed by atoms with Crippen molar-refractivity contribution >= 4 is 21.7 Å². The van der Waals surface area contributed by atoms with Crippen LogP contribution in [0.1, 0.15) is 17.1 Å². The smallest absolute Gasteiger partial charge is 0.212 e. The van der Waals surface area contributed by atoms with E-state index in [1.807, 2.05) is 19.2 Å². The number of methoxy groups -OCH3 is 2. The minimum absolute atomic E-state index is 0.422. The highest BCUT2D eigenvalue weighted by molar-refractivity contribution is 9.10. The highest BCUT2D eigenvalue weighted by Crippen LogP contribution is 2.24. The van der Waals surface area contributed by atoms with E-state index in [1.165, 1.54) is 0 Å². The number of anilines is 1. The van der Waals surface area contributed by atoms with E-state index >= 15 is 0 Å². The highest BCUT2D eigenvalue weighted by Gasteiger charge is 2.12. The van der Waals surface area contributed by atoms with Gasteiger partial charge in [0.25, 0.3) is 0 Å². The molecule has 2 rings (SSSR count). The number of hydrogen-bond acceptors (Lipinski definition) is 6. The second kappa shape index (κ2) is 7.33. The Labute approximate surface area is 132 Å². The first-order chi connectivity index (χ1) is 10.2. The molecule has 0 saturated carbocycles. The molecule has 0 unspecified atom stereocenters. The lowest BCUT2D eigenvalue weighted by Crippen LogP contribution is -2.07. The van der Waals surface area contributed by atoms with Gasteiger partial charge in [-0.2, -0.15) is 0 Å². The first kappa shape index (κ1) is 15.7. The maximum absolute atomic E-state index is 5.17. The monoisotopic (exact) mass is 352 g/mol. The van der Waals surface area contributed by atoms with Gasteiger partial charge in [0.15, 0.2) is 0 Å². The van der Waals surface area contributed by atoms with Gasteiger partial charge in [0, 0.05) is 32.8 Å². The molecule has 6 nitrogen and oxygen atoms in total. The van der Waals surface area contributed by atoms with Crippen LogP contribution in [0.5, 0.6) is 5.88 Å². The summed E-state index contributed by atoms with van der Waals surface area (Å²) in [5.74, 6) is 2.04. The lowest BCUT2D eigenvalue weighted by molar-refractivity contribution is 0.180. The molecule has 7 heteroatoms. The molecule has 0 atom stereocenters. The summed E-state index contributed by atoms with van der Waals surface area (Å²) in [4.78, 5) is 13.2. The van der Waals surface area contributed by atoms with Crippen molar-refractivity contribution in [1.29, 1.82) is 0 Å². The molecule has 0 aromatic carbocycles. The van der Waals surface area contributed by atoms with Crippen molar-refractivity contribution in [2.75, 3.05) is 26.6 Å². The van der Waals surface area contributed by atoms with Crippen LogP contribution in [-0.2, 0) is 17.8 Å². The van der Waals surface area contributed by atoms with Gasteiger partial charge in [-0.1, -0.05) is 6.07 Å². The van der Waals surface area contributed by atoms with Crippen molar-refractivity contribution in [3.05, 3.63) is 39.9 Å². The Hall–Kier alpha value is -1.73. The zero-order valence-corrected chi connectivity index (χ0v) is 13.8. The fourth-order valence-corrected chi connectivity index (χ4v) is 2.33. The van der Waals surface area contributed by atoms with Gasteiger partial charge >= 0.3 is 0 Å². The van der Waals surface area contributed by atoms with E-state index in [-0.39, 0.29) is 0 Å². The van der Waals surface area contributed by atoms with E-state index in [1.54, 1.807) is 20.4 Å². The lowest BCUT2D eigenvalue weighted by Gasteiger charge is -2.10. The third kappa shape index (κ3) is 3.89. The highest BCUT2D eigenvalue weighted by atomic mass is 79.9. The normalized spacial score (nSPS) is 10.5. The molecule has 0 amide bonds. The fraction of sp³-hybridized carbons (Fsp3) is 0.357. The van der Waals surface area contributed by atoms with Crippen molar-refractivity contribution in [1.82, 2.24) is 15.0 Å². The molecule has 0 radical (unpaired) electrons. The first-order valence-electron chi connectivity index (χ1n) is 6.38. The third-order valence-electron chi connectivity index (χ3n) is 2.85. The minimum Gasteiger partial charge on any atom is -0.481 e. The van der Waals surface area contributed by atoms with Crippen molar-refractivity contribution in [3.63, 3.8) is 0 Å². The largest absolute Gasteiger partial charge is 0.481 e. The number of halogens is 1. The van der Waals surface area contributed by atoms with Gasteiger partial charge in [-0.05, 0) is 21.5 Å². The van der Waals surface area contributed by atoms with E-state index < -0.39 is 0 Å². The molecular weight excluding hydrogens is 336 g/mol. The van der Waals surface area contributed by atoms with E-state index in [0.29, 0.717) is 24.7 Å². The van der Waals surface area contributed by atoms with E-state index in [0.717, 1.165) is 21.5 Å². The van der Waals surface area contributed by atoms with E-state index in [4.69, 9.17) is 9.47 Å². The molecule has 2 aromatic heterocycles. The fourth-order valence-electron chi connectivity index (χ4n) is 1.84. The van der Waals surface area contributed by atoms with Gasteiger partial charge in [0.1, 0.15) is 11.6 Å². The third-order valence-corrected chi connectivity index (χ3v) is 3.69. The van der Waals surface area contributed by atoms with Gasteiger partial charge in [0.05, 0.1) is 23.9 Å². The van der Waals surface area contributed by atoms with Crippen LogP contribution in [0.2, 0.25) is 0 Å². The Kier molecular flexibility index (Phi) is 5.46. The maximum atomic E-state index is 5.17. The Bertz CT molecular complexity index is 605. The predicted octanol–water partition coefficient (Wildman–Crippen LogP) is 2.42. The number of ether oxygens (including phenoxy) is 2. The van der Waals surface area contributed by atoms with Gasteiger partial charge in [-0.3, -0.25) is 0 Å². The van der Waals surface area contributed by atoms with Crippen LogP contribution in [-0.4, -0.2) is 36.2 Å². The van der Waals surface area contributed by atoms with Crippen LogP contribution in [0, 0.1) is 0 Å². The molecule has 2 aromatic rings. The molecule has 0 aliphatic heterocycles. The second-order valence-electron chi connectivity index (χ2n) is 4.32. The maximum Gasteiger partial charge on any atom is 0.212 e. The van der Waals surface area contributed by atoms with Crippen LogP contribution in [0.4, 0.5) is 5.82 Å². The summed E-state index contributed by atoms with van der Waals surface area (Å²) in [6.07, 6.45) is 2.36. The number of hydrogen-bond donors (Lipinski definition) is 1. The van der Waals surface area contributed by atoms with Crippen LogP contribution < -0.4 is 10.1 Å². The molecule has 0 aliphatic carbocycles. The van der Waals surface area contributed by atoms with E-state index in [9.17, 15) is 0 Å². The number of pyridine rings is 1. The van der Waals surface area contributed by atoms with Crippen LogP contribution in [0.3, 0.4) is 0 Å². The summed E-state index contributed by atoms with van der Waals surface area (Å²) >= 11 is 3.48. The SMILES string of the molecule is CNc1nc(Cc2ccc(OC)nc2)nc(COC)c1Br. The quantitative estimate of drug-likeness (QED) is 0.860. The molecule has 21 heavy (non-hydrogen) atoms. The van der Waals surface area contributed by atoms with Crippen molar-refractivity contribution in [3.8, 4) is 5.88 Å². The number of nitrogens with one attached hydrogen (secondary N) is 1. The molecule has 0 spiro atoms. The Morgan fingerprint density at radius 3 is 2.62 bits per heavy atom. The molecule has 1 N–H and O–H groups in total. The summed E-state index contributed by atoms with van der Waals surface area (Å²) in [6, 6.07) is 3.77. The van der Waals surface area contributed by atoms with Crippen LogP contribution in [0.25, 0.3) is 0 Å². The zero-order valence-electron chi connectivity index (χ0n) is 12.2. The summed E-state index contributed by atoms with van der Waals surface area (Å²) in [5.41, 5.74) is 1.83. The van der Waals surface area contributed by atoms with Gasteiger partial charge in [-0.15, -0.1) is 0 Å². The number of nitrogens with zero attached hydrogens (tertiary/aromatic N) is 3. The molecule has 112 valence electrons. The van der Waals surface area contributed by atoms with E-state index in [2.05, 4.69) is 36.2 Å². The van der Waals surface area contributed by atoms with Gasteiger partial charge in [-0.25, -0.2) is 15.0 Å². The molecule has 2 heterocycles. The minimum atomic E-state index is 0.422. The average molecular weight is 353 g/mol. The molecular formula is C14H17BrN4O2. The summed E-state index contributed by atoms with van der Waals surface area (Å²) in [6.45, 7) is 0.422. The molecule has 0 fully saturated rings. The Morgan fingerprint density at radius 1 is 1.24 bits per heavy atom. The second-order valence-corrected chi connectivity index (χ2v) is 5.11. The summed E-state index contributed by atoms with van der Waals surface area (Å²) < 4.78 is 11.0. The first-order valence-corrected chi connectivity index (χ1v) is 7.18. The topological polar surface area (TPSA) is 69.2 Å². The van der Waals surface area contributed by atoms with Crippen LogP contribution >= 0.6 is 15.9 Å². The average Bonchev–Trinajstić information content (AvgIpc) is 2.51. The van der Waals surface area contributed by atoms with Gasteiger partial charge < -0.3 is 14.8 Å². The summed E-state index contributed by atoms with van der Waals surface area (Å²) in [7, 11) is 5.05. The van der Waals surface area contributed by atoms with Crippen molar-refractivity contribution in [2.24, 2.45) is 0 Å². The Morgan fingerprint density at radius 2 is 2.05 bits per heavy atom. The van der Waals surface area contributed by atoms with Crippen LogP contribution in [0.15, 0.2) is 22.8 Å². The molecule has 0 aliphatic rings. The molecule has 0 saturated heterocycles. The molecule has 0 bridgehead atoms. The number of aromatic nitrogens is 3. The van der Waals surface area contributed by atoms with Crippen molar-refractivity contribution < 1.29 is 9.47 Å². The standard InChI is InChI=1S/C14H17BrN4O2/c1-16-14-13(15)10(8-20-2)18-11(19-14)6-9-4-5-12(21-3)17-7-9/h4-5,7H,6,8H2,1-3H3,(H,16,18,19). The predicted molar refractivity (Wildman–Crippen MR) is 83.6 cm³/mol. The summed E-state index contributed by atoms with van der Waals surface area (Å²) in [5, 5.41) is 3.05.